The van der Waals surface area contributed by atoms with Crippen LogP contribution >= 0.6 is 0 Å². The highest BCUT2D eigenvalue weighted by molar-refractivity contribution is 6.20. The fourth-order valence-electron chi connectivity index (χ4n) is 6.44. The summed E-state index contributed by atoms with van der Waals surface area (Å²) in [5.74, 6) is 0.567. The number of furan rings is 1. The predicted octanol–water partition coefficient (Wildman–Crippen LogP) is 12.2. The normalized spacial score (nSPS) is 11.4. The van der Waals surface area contributed by atoms with Crippen LogP contribution in [0.3, 0.4) is 0 Å². The monoisotopic (exact) mass is 604 g/mol. The van der Waals surface area contributed by atoms with E-state index in [1.165, 1.54) is 11.1 Å². The van der Waals surface area contributed by atoms with Gasteiger partial charge in [0.1, 0.15) is 16.7 Å². The van der Waals surface area contributed by atoms with Crippen LogP contribution in [-0.4, -0.2) is 4.98 Å². The topological polar surface area (TPSA) is 42.4 Å². The zero-order chi connectivity index (χ0) is 31.2. The Hall–Kier alpha value is -6.39. The van der Waals surface area contributed by atoms with Gasteiger partial charge in [-0.1, -0.05) is 121 Å². The molecule has 0 amide bonds. The second-order valence-corrected chi connectivity index (χ2v) is 11.6. The molecule has 0 unspecified atom stereocenters. The third-order valence-corrected chi connectivity index (χ3v) is 8.71. The second-order valence-electron chi connectivity index (χ2n) is 11.6. The lowest BCUT2D eigenvalue weighted by Gasteiger charge is -2.27. The van der Waals surface area contributed by atoms with E-state index in [2.05, 4.69) is 114 Å². The van der Waals surface area contributed by atoms with Crippen molar-refractivity contribution >= 4 is 50.1 Å². The fourth-order valence-corrected chi connectivity index (χ4v) is 6.44. The van der Waals surface area contributed by atoms with Crippen molar-refractivity contribution in [2.45, 2.75) is 0 Å². The van der Waals surface area contributed by atoms with Crippen LogP contribution in [0.5, 0.6) is 0 Å². The van der Waals surface area contributed by atoms with E-state index in [0.717, 1.165) is 61.2 Å². The number of rotatable bonds is 6. The lowest BCUT2D eigenvalue weighted by Crippen LogP contribution is -2.11. The number of aromatic nitrogens is 1. The molecule has 9 rings (SSSR count). The van der Waals surface area contributed by atoms with Crippen LogP contribution in [0.25, 0.3) is 66.7 Å². The first-order valence-electron chi connectivity index (χ1n) is 15.7. The summed E-state index contributed by atoms with van der Waals surface area (Å²) in [7, 11) is 0. The molecule has 7 aromatic carbocycles. The summed E-state index contributed by atoms with van der Waals surface area (Å²) in [6, 6.07) is 58.5. The van der Waals surface area contributed by atoms with Gasteiger partial charge in [0.05, 0.1) is 11.1 Å². The Bertz CT molecular complexity index is 2400. The van der Waals surface area contributed by atoms with E-state index in [0.29, 0.717) is 11.5 Å². The smallest absolute Gasteiger partial charge is 0.227 e. The van der Waals surface area contributed by atoms with Gasteiger partial charge >= 0.3 is 0 Å². The van der Waals surface area contributed by atoms with Crippen LogP contribution in [0, 0.1) is 0 Å². The molecule has 9 aromatic rings. The molecule has 0 aliphatic carbocycles. The number of para-hydroxylation sites is 1. The van der Waals surface area contributed by atoms with Gasteiger partial charge in [-0.25, -0.2) is 4.98 Å². The van der Waals surface area contributed by atoms with Crippen molar-refractivity contribution in [3.63, 3.8) is 0 Å². The molecule has 0 spiro atoms. The Balaban J connectivity index is 1.32. The number of anilines is 3. The molecule has 0 aliphatic rings. The minimum absolute atomic E-state index is 0.567. The average molecular weight is 605 g/mol. The van der Waals surface area contributed by atoms with Gasteiger partial charge < -0.3 is 13.7 Å². The number of benzene rings is 7. The molecule has 0 saturated heterocycles. The second kappa shape index (κ2) is 11.2. The van der Waals surface area contributed by atoms with Gasteiger partial charge in [-0.2, -0.15) is 0 Å². The van der Waals surface area contributed by atoms with E-state index in [9.17, 15) is 0 Å². The molecule has 0 aliphatic heterocycles. The molecule has 4 nitrogen and oxygen atoms in total. The maximum atomic E-state index is 6.48. The van der Waals surface area contributed by atoms with Gasteiger partial charge in [0.2, 0.25) is 5.89 Å². The third-order valence-electron chi connectivity index (χ3n) is 8.71. The van der Waals surface area contributed by atoms with Crippen LogP contribution in [-0.2, 0) is 0 Å². The van der Waals surface area contributed by atoms with Gasteiger partial charge in [0.25, 0.3) is 0 Å². The SMILES string of the molecule is c1ccc(-c2ccc(N(c3ccc(-c4ccccc4)cc3)c3c4nc(-c5ccccc5)oc4cc4oc5ccccc5c34)cc2)cc1. The highest BCUT2D eigenvalue weighted by Crippen LogP contribution is 2.48. The summed E-state index contributed by atoms with van der Waals surface area (Å²) in [6.07, 6.45) is 0. The third kappa shape index (κ3) is 4.75. The van der Waals surface area contributed by atoms with Crippen molar-refractivity contribution in [2.75, 3.05) is 4.90 Å². The van der Waals surface area contributed by atoms with Gasteiger partial charge in [-0.15, -0.1) is 0 Å². The van der Waals surface area contributed by atoms with Crippen molar-refractivity contribution < 1.29 is 8.83 Å². The molecule has 47 heavy (non-hydrogen) atoms. The van der Waals surface area contributed by atoms with E-state index in [1.807, 2.05) is 60.7 Å². The number of fused-ring (bicyclic) bond motifs is 4. The number of nitrogens with zero attached hydrogens (tertiary/aromatic N) is 2. The Morgan fingerprint density at radius 3 is 1.47 bits per heavy atom. The first kappa shape index (κ1) is 27.0. The largest absolute Gasteiger partial charge is 0.456 e. The number of oxazole rings is 1. The molecule has 0 fully saturated rings. The standard InChI is InChI=1S/C43H28N2O2/c1-4-12-29(13-5-1)31-20-24-34(25-21-31)45(35-26-22-32(23-27-35)30-14-6-2-7-15-30)42-40-36-18-10-11-19-37(36)46-38(40)28-39-41(42)44-43(47-39)33-16-8-3-9-17-33/h1-28H. The summed E-state index contributed by atoms with van der Waals surface area (Å²) in [6.45, 7) is 0. The van der Waals surface area contributed by atoms with Crippen LogP contribution in [0.4, 0.5) is 17.1 Å². The van der Waals surface area contributed by atoms with E-state index in [-0.39, 0.29) is 0 Å². The highest BCUT2D eigenvalue weighted by atomic mass is 16.4. The molecule has 4 heteroatoms. The lowest BCUT2D eigenvalue weighted by atomic mass is 10.0. The van der Waals surface area contributed by atoms with Gasteiger partial charge in [0.15, 0.2) is 5.58 Å². The van der Waals surface area contributed by atoms with Crippen LogP contribution < -0.4 is 4.90 Å². The van der Waals surface area contributed by atoms with Crippen molar-refractivity contribution in [2.24, 2.45) is 0 Å². The average Bonchev–Trinajstić information content (AvgIpc) is 3.75. The Labute approximate surface area is 271 Å². The number of hydrogen-bond acceptors (Lipinski definition) is 4. The molecular weight excluding hydrogens is 576 g/mol. The van der Waals surface area contributed by atoms with E-state index in [1.54, 1.807) is 0 Å². The van der Waals surface area contributed by atoms with Crippen molar-refractivity contribution in [1.82, 2.24) is 4.98 Å². The van der Waals surface area contributed by atoms with Crippen molar-refractivity contribution in [3.8, 4) is 33.7 Å². The summed E-state index contributed by atoms with van der Waals surface area (Å²) in [4.78, 5) is 7.46. The highest BCUT2D eigenvalue weighted by Gasteiger charge is 2.26. The van der Waals surface area contributed by atoms with E-state index >= 15 is 0 Å². The predicted molar refractivity (Wildman–Crippen MR) is 192 cm³/mol. The zero-order valence-electron chi connectivity index (χ0n) is 25.4. The maximum Gasteiger partial charge on any atom is 0.227 e. The lowest BCUT2D eigenvalue weighted by molar-refractivity contribution is 0.617. The molecular formula is C43H28N2O2. The van der Waals surface area contributed by atoms with Gasteiger partial charge in [0, 0.05) is 28.4 Å². The van der Waals surface area contributed by atoms with Crippen LogP contribution in [0.2, 0.25) is 0 Å². The maximum absolute atomic E-state index is 6.48. The summed E-state index contributed by atoms with van der Waals surface area (Å²) < 4.78 is 13.0. The number of hydrogen-bond donors (Lipinski definition) is 0. The molecule has 0 bridgehead atoms. The molecule has 0 radical (unpaired) electrons. The Kier molecular flexibility index (Phi) is 6.43. The van der Waals surface area contributed by atoms with Gasteiger partial charge in [-0.05, 0) is 64.7 Å². The Morgan fingerprint density at radius 1 is 0.404 bits per heavy atom. The van der Waals surface area contributed by atoms with E-state index < -0.39 is 0 Å². The van der Waals surface area contributed by atoms with Crippen LogP contribution in [0.15, 0.2) is 179 Å². The quantitative estimate of drug-likeness (QED) is 0.189. The van der Waals surface area contributed by atoms with E-state index in [4.69, 9.17) is 13.8 Å². The van der Waals surface area contributed by atoms with Crippen molar-refractivity contribution in [3.05, 3.63) is 170 Å². The molecule has 2 heterocycles. The molecule has 0 atom stereocenters. The first-order chi connectivity index (χ1) is 23.3. The summed E-state index contributed by atoms with van der Waals surface area (Å²) in [5.41, 5.74) is 11.5. The van der Waals surface area contributed by atoms with Crippen LogP contribution in [0.1, 0.15) is 0 Å². The molecule has 0 saturated carbocycles. The Morgan fingerprint density at radius 2 is 0.894 bits per heavy atom. The summed E-state index contributed by atoms with van der Waals surface area (Å²) >= 11 is 0. The minimum Gasteiger partial charge on any atom is -0.456 e. The zero-order valence-corrected chi connectivity index (χ0v) is 25.4. The summed E-state index contributed by atoms with van der Waals surface area (Å²) in [5, 5.41) is 2.01. The minimum atomic E-state index is 0.567. The molecule has 222 valence electrons. The fraction of sp³-hybridized carbons (Fsp3) is 0. The van der Waals surface area contributed by atoms with Gasteiger partial charge in [-0.3, -0.25) is 0 Å². The molecule has 2 aromatic heterocycles. The van der Waals surface area contributed by atoms with Crippen molar-refractivity contribution in [1.29, 1.82) is 0 Å². The first-order valence-corrected chi connectivity index (χ1v) is 15.7. The molecule has 0 N–H and O–H groups in total.